The first-order valence-corrected chi connectivity index (χ1v) is 12.5. The maximum Gasteiger partial charge on any atom is 0.223 e. The molecule has 2 aromatic heterocycles. The topological polar surface area (TPSA) is 75.4 Å². The molecule has 7 heteroatoms. The third-order valence-corrected chi connectivity index (χ3v) is 6.81. The molecule has 7 nitrogen and oxygen atoms in total. The summed E-state index contributed by atoms with van der Waals surface area (Å²) in [5, 5.41) is 16.7. The van der Waals surface area contributed by atoms with Crippen LogP contribution in [0.5, 0.6) is 0 Å². The molecule has 180 valence electrons. The Kier molecular flexibility index (Phi) is 6.75. The monoisotopic (exact) mass is 468 g/mol. The molecule has 1 fully saturated rings. The van der Waals surface area contributed by atoms with Crippen molar-refractivity contribution in [3.05, 3.63) is 77.9 Å². The molecule has 1 atom stereocenters. The number of aryl methyl sites for hydroxylation is 2. The standard InChI is InChI=1S/C28H32N6O/c1-20-7-6-10-24(19-20)27-31-30-25-13-14-26(32-34(25)27)33-17-15-23(16-18-33)28(35)29-21(2)11-12-22-8-4-3-5-9-22/h3-10,13-14,19,21,23H,11-12,15-18H2,1-2H3,(H,29,35)/t21-/m0/s1. The fourth-order valence-corrected chi connectivity index (χ4v) is 4.74. The summed E-state index contributed by atoms with van der Waals surface area (Å²) in [5.41, 5.74) is 4.21. The predicted octanol–water partition coefficient (Wildman–Crippen LogP) is 4.45. The number of hydrogen-bond donors (Lipinski definition) is 1. The number of anilines is 1. The Hall–Kier alpha value is -3.74. The SMILES string of the molecule is Cc1cccc(-c2nnc3ccc(N4CCC(C(=O)N[C@@H](C)CCc5ccccc5)CC4)nn23)c1. The number of aromatic nitrogens is 4. The molecule has 0 saturated carbocycles. The summed E-state index contributed by atoms with van der Waals surface area (Å²) in [4.78, 5) is 15.1. The van der Waals surface area contributed by atoms with Crippen LogP contribution in [0.15, 0.2) is 66.7 Å². The normalized spacial score (nSPS) is 15.3. The van der Waals surface area contributed by atoms with Crippen LogP contribution in [0.2, 0.25) is 0 Å². The summed E-state index contributed by atoms with van der Waals surface area (Å²) in [7, 11) is 0. The molecule has 0 aliphatic carbocycles. The Morgan fingerprint density at radius 3 is 2.60 bits per heavy atom. The van der Waals surface area contributed by atoms with Gasteiger partial charge in [-0.1, -0.05) is 54.1 Å². The minimum Gasteiger partial charge on any atom is -0.355 e. The number of carbonyl (C=O) groups excluding carboxylic acids is 1. The number of nitrogens with one attached hydrogen (secondary N) is 1. The third-order valence-electron chi connectivity index (χ3n) is 6.81. The van der Waals surface area contributed by atoms with Crippen molar-refractivity contribution in [1.82, 2.24) is 25.1 Å². The number of piperidine rings is 1. The van der Waals surface area contributed by atoms with Crippen molar-refractivity contribution >= 4 is 17.4 Å². The Morgan fingerprint density at radius 1 is 1.03 bits per heavy atom. The van der Waals surface area contributed by atoms with Gasteiger partial charge in [-0.15, -0.1) is 15.3 Å². The van der Waals surface area contributed by atoms with E-state index in [1.165, 1.54) is 11.1 Å². The summed E-state index contributed by atoms with van der Waals surface area (Å²) in [6.45, 7) is 5.77. The molecule has 5 rings (SSSR count). The lowest BCUT2D eigenvalue weighted by Crippen LogP contribution is -2.43. The van der Waals surface area contributed by atoms with Crippen LogP contribution in [0.1, 0.15) is 37.3 Å². The quantitative estimate of drug-likeness (QED) is 0.434. The van der Waals surface area contributed by atoms with E-state index in [1.54, 1.807) is 0 Å². The van der Waals surface area contributed by atoms with Crippen LogP contribution < -0.4 is 10.2 Å². The number of fused-ring (bicyclic) bond motifs is 1. The number of rotatable bonds is 7. The van der Waals surface area contributed by atoms with Gasteiger partial charge in [0.15, 0.2) is 11.5 Å². The van der Waals surface area contributed by atoms with E-state index < -0.39 is 0 Å². The van der Waals surface area contributed by atoms with E-state index in [4.69, 9.17) is 5.10 Å². The summed E-state index contributed by atoms with van der Waals surface area (Å²) in [6, 6.07) is 22.8. The number of amides is 1. The second-order valence-electron chi connectivity index (χ2n) is 9.55. The van der Waals surface area contributed by atoms with Gasteiger partial charge in [0, 0.05) is 30.6 Å². The summed E-state index contributed by atoms with van der Waals surface area (Å²) in [5.74, 6) is 1.85. The van der Waals surface area contributed by atoms with Crippen LogP contribution in [-0.2, 0) is 11.2 Å². The molecule has 1 aliphatic rings. The zero-order valence-corrected chi connectivity index (χ0v) is 20.4. The zero-order chi connectivity index (χ0) is 24.2. The van der Waals surface area contributed by atoms with E-state index in [-0.39, 0.29) is 17.9 Å². The highest BCUT2D eigenvalue weighted by molar-refractivity contribution is 5.79. The molecule has 1 aliphatic heterocycles. The molecule has 2 aromatic carbocycles. The second kappa shape index (κ2) is 10.3. The van der Waals surface area contributed by atoms with Crippen molar-refractivity contribution in [3.8, 4) is 11.4 Å². The summed E-state index contributed by atoms with van der Waals surface area (Å²) in [6.07, 6.45) is 3.57. The third kappa shape index (κ3) is 5.34. The number of carbonyl (C=O) groups is 1. The van der Waals surface area contributed by atoms with Crippen LogP contribution in [0.4, 0.5) is 5.82 Å². The van der Waals surface area contributed by atoms with Crippen molar-refractivity contribution < 1.29 is 4.79 Å². The number of hydrogen-bond acceptors (Lipinski definition) is 5. The average molecular weight is 469 g/mol. The minimum absolute atomic E-state index is 0.0481. The van der Waals surface area contributed by atoms with Crippen LogP contribution in [0, 0.1) is 12.8 Å². The molecule has 1 N–H and O–H groups in total. The van der Waals surface area contributed by atoms with Gasteiger partial charge in [0.05, 0.1) is 0 Å². The lowest BCUT2D eigenvalue weighted by Gasteiger charge is -2.32. The van der Waals surface area contributed by atoms with Gasteiger partial charge >= 0.3 is 0 Å². The highest BCUT2D eigenvalue weighted by Gasteiger charge is 2.26. The second-order valence-corrected chi connectivity index (χ2v) is 9.55. The van der Waals surface area contributed by atoms with Gasteiger partial charge in [0.25, 0.3) is 0 Å². The summed E-state index contributed by atoms with van der Waals surface area (Å²) >= 11 is 0. The molecule has 35 heavy (non-hydrogen) atoms. The summed E-state index contributed by atoms with van der Waals surface area (Å²) < 4.78 is 1.82. The molecule has 0 spiro atoms. The van der Waals surface area contributed by atoms with Crippen molar-refractivity contribution in [2.24, 2.45) is 5.92 Å². The number of nitrogens with zero attached hydrogens (tertiary/aromatic N) is 5. The van der Waals surface area contributed by atoms with Gasteiger partial charge in [-0.2, -0.15) is 4.52 Å². The first-order valence-electron chi connectivity index (χ1n) is 12.5. The highest BCUT2D eigenvalue weighted by atomic mass is 16.1. The van der Waals surface area contributed by atoms with E-state index in [0.717, 1.165) is 61.6 Å². The Labute approximate surface area is 206 Å². The molecular formula is C28H32N6O. The first-order chi connectivity index (χ1) is 17.1. The smallest absolute Gasteiger partial charge is 0.223 e. The molecule has 1 saturated heterocycles. The lowest BCUT2D eigenvalue weighted by atomic mass is 9.95. The van der Waals surface area contributed by atoms with Crippen molar-refractivity contribution in [2.75, 3.05) is 18.0 Å². The zero-order valence-electron chi connectivity index (χ0n) is 20.4. The van der Waals surface area contributed by atoms with Crippen LogP contribution in [0.25, 0.3) is 17.0 Å². The molecule has 0 bridgehead atoms. The van der Waals surface area contributed by atoms with Crippen molar-refractivity contribution in [2.45, 2.75) is 45.6 Å². The van der Waals surface area contributed by atoms with E-state index in [0.29, 0.717) is 0 Å². The first kappa shape index (κ1) is 23.0. The van der Waals surface area contributed by atoms with Gasteiger partial charge in [-0.05, 0) is 63.3 Å². The Balaban J connectivity index is 1.19. The molecule has 3 heterocycles. The average Bonchev–Trinajstić information content (AvgIpc) is 3.31. The van der Waals surface area contributed by atoms with E-state index >= 15 is 0 Å². The molecule has 4 aromatic rings. The molecular weight excluding hydrogens is 436 g/mol. The van der Waals surface area contributed by atoms with Crippen molar-refractivity contribution in [1.29, 1.82) is 0 Å². The van der Waals surface area contributed by atoms with Crippen LogP contribution in [0.3, 0.4) is 0 Å². The van der Waals surface area contributed by atoms with E-state index in [1.807, 2.05) is 34.8 Å². The van der Waals surface area contributed by atoms with Crippen molar-refractivity contribution in [3.63, 3.8) is 0 Å². The minimum atomic E-state index is 0.0481. The van der Waals surface area contributed by atoms with Crippen LogP contribution >= 0.6 is 0 Å². The maximum absolute atomic E-state index is 12.9. The fourth-order valence-electron chi connectivity index (χ4n) is 4.74. The van der Waals surface area contributed by atoms with Gasteiger partial charge in [-0.25, -0.2) is 0 Å². The van der Waals surface area contributed by atoms with E-state index in [9.17, 15) is 4.79 Å². The fraction of sp³-hybridized carbons (Fsp3) is 0.357. The Morgan fingerprint density at radius 2 is 1.83 bits per heavy atom. The lowest BCUT2D eigenvalue weighted by molar-refractivity contribution is -0.126. The van der Waals surface area contributed by atoms with Gasteiger partial charge in [0.1, 0.15) is 5.82 Å². The van der Waals surface area contributed by atoms with Crippen LogP contribution in [-0.4, -0.2) is 44.8 Å². The number of benzene rings is 2. The van der Waals surface area contributed by atoms with E-state index in [2.05, 4.69) is 70.7 Å². The maximum atomic E-state index is 12.9. The highest BCUT2D eigenvalue weighted by Crippen LogP contribution is 2.24. The van der Waals surface area contributed by atoms with Gasteiger partial charge in [-0.3, -0.25) is 4.79 Å². The van der Waals surface area contributed by atoms with Gasteiger partial charge < -0.3 is 10.2 Å². The Bertz CT molecular complexity index is 1290. The molecule has 1 amide bonds. The van der Waals surface area contributed by atoms with Gasteiger partial charge in [0.2, 0.25) is 5.91 Å². The largest absolute Gasteiger partial charge is 0.355 e. The predicted molar refractivity (Wildman–Crippen MR) is 138 cm³/mol. The molecule has 0 unspecified atom stereocenters. The molecule has 0 radical (unpaired) electrons.